The van der Waals surface area contributed by atoms with Gasteiger partial charge in [-0.05, 0) is 54.1 Å². The van der Waals surface area contributed by atoms with Crippen molar-refractivity contribution in [2.45, 2.75) is 18.8 Å². The lowest BCUT2D eigenvalue weighted by molar-refractivity contribution is -0.137. The van der Waals surface area contributed by atoms with Gasteiger partial charge in [-0.25, -0.2) is 0 Å². The highest BCUT2D eigenvalue weighted by atomic mass is 79.9. The normalized spacial score (nSPS) is 11.5. The highest BCUT2D eigenvalue weighted by Gasteiger charge is 2.19. The van der Waals surface area contributed by atoms with Crippen LogP contribution < -0.4 is 10.1 Å². The van der Waals surface area contributed by atoms with Crippen molar-refractivity contribution < 1.29 is 19.4 Å². The maximum absolute atomic E-state index is 12.4. The van der Waals surface area contributed by atoms with Crippen LogP contribution in [0.3, 0.4) is 0 Å². The Balaban J connectivity index is 1.60. The van der Waals surface area contributed by atoms with Crippen LogP contribution in [0.1, 0.15) is 24.3 Å². The van der Waals surface area contributed by atoms with Gasteiger partial charge in [0.15, 0.2) is 0 Å². The topological polar surface area (TPSA) is 75.6 Å². The van der Waals surface area contributed by atoms with E-state index in [1.165, 1.54) is 0 Å². The summed E-state index contributed by atoms with van der Waals surface area (Å²) >= 11 is 3.38. The van der Waals surface area contributed by atoms with Crippen molar-refractivity contribution in [3.8, 4) is 11.5 Å². The summed E-state index contributed by atoms with van der Waals surface area (Å²) in [6.07, 6.45) is -0.00907. The molecular weight excluding hydrogens is 434 g/mol. The third-order valence-electron chi connectivity index (χ3n) is 4.31. The van der Waals surface area contributed by atoms with Crippen molar-refractivity contribution in [1.82, 2.24) is 0 Å². The first-order chi connectivity index (χ1) is 14.0. The van der Waals surface area contributed by atoms with Crippen LogP contribution in [0, 0.1) is 0 Å². The van der Waals surface area contributed by atoms with Gasteiger partial charge >= 0.3 is 5.97 Å². The second kappa shape index (κ2) is 9.89. The van der Waals surface area contributed by atoms with Gasteiger partial charge in [-0.15, -0.1) is 0 Å². The summed E-state index contributed by atoms with van der Waals surface area (Å²) < 4.78 is 6.73. The van der Waals surface area contributed by atoms with Crippen molar-refractivity contribution in [1.29, 1.82) is 0 Å². The molecule has 0 aliphatic heterocycles. The molecule has 0 radical (unpaired) electrons. The minimum absolute atomic E-state index is 0.0907. The first-order valence-electron chi connectivity index (χ1n) is 9.09. The Kier molecular flexibility index (Phi) is 7.03. The summed E-state index contributed by atoms with van der Waals surface area (Å²) in [5, 5.41) is 12.0. The molecule has 1 amide bonds. The zero-order valence-corrected chi connectivity index (χ0v) is 17.1. The van der Waals surface area contributed by atoms with E-state index in [-0.39, 0.29) is 24.7 Å². The van der Waals surface area contributed by atoms with E-state index in [9.17, 15) is 9.59 Å². The maximum Gasteiger partial charge on any atom is 0.303 e. The molecule has 1 atom stereocenters. The molecule has 5 nitrogen and oxygen atoms in total. The number of rotatable bonds is 8. The van der Waals surface area contributed by atoms with Gasteiger partial charge in [0.05, 0.1) is 6.42 Å². The molecule has 2 N–H and O–H groups in total. The van der Waals surface area contributed by atoms with Crippen LogP contribution >= 0.6 is 15.9 Å². The van der Waals surface area contributed by atoms with E-state index in [1.54, 1.807) is 24.3 Å². The summed E-state index contributed by atoms with van der Waals surface area (Å²) in [5.74, 6) is -0.181. The van der Waals surface area contributed by atoms with E-state index in [0.717, 1.165) is 10.0 Å². The van der Waals surface area contributed by atoms with Gasteiger partial charge in [0, 0.05) is 22.5 Å². The highest BCUT2D eigenvalue weighted by molar-refractivity contribution is 9.10. The van der Waals surface area contributed by atoms with Crippen molar-refractivity contribution in [2.75, 3.05) is 5.32 Å². The van der Waals surface area contributed by atoms with Gasteiger partial charge in [-0.2, -0.15) is 0 Å². The molecule has 0 heterocycles. The zero-order valence-electron chi connectivity index (χ0n) is 15.5. The zero-order chi connectivity index (χ0) is 20.6. The highest BCUT2D eigenvalue weighted by Crippen LogP contribution is 2.26. The molecule has 0 fully saturated rings. The molecule has 0 saturated carbocycles. The molecule has 0 bridgehead atoms. The van der Waals surface area contributed by atoms with Crippen LogP contribution in [0.25, 0.3) is 0 Å². The lowest BCUT2D eigenvalue weighted by atomic mass is 9.92. The fraction of sp³-hybridized carbons (Fsp3) is 0.130. The van der Waals surface area contributed by atoms with Crippen molar-refractivity contribution in [3.05, 3.63) is 88.9 Å². The van der Waals surface area contributed by atoms with Crippen molar-refractivity contribution in [2.24, 2.45) is 0 Å². The average molecular weight is 454 g/mol. The minimum atomic E-state index is -0.930. The molecule has 6 heteroatoms. The lowest BCUT2D eigenvalue weighted by Crippen LogP contribution is -2.17. The smallest absolute Gasteiger partial charge is 0.303 e. The molecular formula is C23H20BrNO4. The first-order valence-corrected chi connectivity index (χ1v) is 9.89. The molecule has 0 saturated heterocycles. The summed E-state index contributed by atoms with van der Waals surface area (Å²) in [6, 6.07) is 23.8. The molecule has 148 valence electrons. The van der Waals surface area contributed by atoms with Crippen LogP contribution in [0.15, 0.2) is 83.3 Å². The second-order valence-corrected chi connectivity index (χ2v) is 7.45. The third kappa shape index (κ3) is 6.47. The van der Waals surface area contributed by atoms with Crippen LogP contribution in [-0.4, -0.2) is 17.0 Å². The minimum Gasteiger partial charge on any atom is -0.481 e. The Morgan fingerprint density at radius 2 is 1.45 bits per heavy atom. The Labute approximate surface area is 177 Å². The van der Waals surface area contributed by atoms with Gasteiger partial charge < -0.3 is 15.2 Å². The molecule has 3 aromatic rings. The monoisotopic (exact) mass is 453 g/mol. The molecule has 0 aromatic heterocycles. The summed E-state index contributed by atoms with van der Waals surface area (Å²) in [7, 11) is 0. The Hall–Kier alpha value is -3.12. The quantitative estimate of drug-likeness (QED) is 0.449. The predicted octanol–water partition coefficient (Wildman–Crippen LogP) is 5.83. The summed E-state index contributed by atoms with van der Waals surface area (Å²) in [6.45, 7) is 0. The molecule has 29 heavy (non-hydrogen) atoms. The summed E-state index contributed by atoms with van der Waals surface area (Å²) in [4.78, 5) is 23.6. The molecule has 0 aliphatic rings. The maximum atomic E-state index is 12.4. The van der Waals surface area contributed by atoms with Crippen LogP contribution in [0.5, 0.6) is 11.5 Å². The number of carbonyl (C=O) groups excluding carboxylic acids is 1. The fourth-order valence-electron chi connectivity index (χ4n) is 2.92. The number of amides is 1. The van der Waals surface area contributed by atoms with Crippen molar-refractivity contribution in [3.63, 3.8) is 0 Å². The Morgan fingerprint density at radius 1 is 0.862 bits per heavy atom. The fourth-order valence-corrected chi connectivity index (χ4v) is 3.19. The molecule has 0 aliphatic carbocycles. The molecule has 3 aromatic carbocycles. The molecule has 0 spiro atoms. The molecule has 1 unspecified atom stereocenters. The van der Waals surface area contributed by atoms with E-state index in [0.29, 0.717) is 17.2 Å². The largest absolute Gasteiger partial charge is 0.481 e. The number of hydrogen-bond acceptors (Lipinski definition) is 3. The molecule has 3 rings (SSSR count). The first kappa shape index (κ1) is 20.6. The van der Waals surface area contributed by atoms with Crippen molar-refractivity contribution >= 4 is 33.5 Å². The predicted molar refractivity (Wildman–Crippen MR) is 115 cm³/mol. The standard InChI is InChI=1S/C23H20BrNO4/c24-18-6-10-20(11-7-18)29-21-12-8-19(9-13-21)25-22(26)14-17(15-23(27)28)16-4-2-1-3-5-16/h1-13,17H,14-15H2,(H,25,26)(H,27,28). The number of halogens is 1. The number of nitrogens with one attached hydrogen (secondary N) is 1. The van der Waals surface area contributed by atoms with E-state index < -0.39 is 5.97 Å². The lowest BCUT2D eigenvalue weighted by Gasteiger charge is -2.15. The number of ether oxygens (including phenoxy) is 1. The van der Waals surface area contributed by atoms with Gasteiger partial charge in [0.25, 0.3) is 0 Å². The van der Waals surface area contributed by atoms with Gasteiger partial charge in [0.1, 0.15) is 11.5 Å². The Bertz CT molecular complexity index is 956. The van der Waals surface area contributed by atoms with Crippen LogP contribution in [0.2, 0.25) is 0 Å². The Morgan fingerprint density at radius 3 is 2.03 bits per heavy atom. The van der Waals surface area contributed by atoms with Crippen LogP contribution in [0.4, 0.5) is 5.69 Å². The number of benzene rings is 3. The van der Waals surface area contributed by atoms with Gasteiger partial charge in [0.2, 0.25) is 5.91 Å². The SMILES string of the molecule is O=C(O)CC(CC(=O)Nc1ccc(Oc2ccc(Br)cc2)cc1)c1ccccc1. The van der Waals surface area contributed by atoms with Gasteiger partial charge in [-0.1, -0.05) is 46.3 Å². The number of carboxylic acid groups (broad SMARTS) is 1. The summed E-state index contributed by atoms with van der Waals surface area (Å²) in [5.41, 5.74) is 1.46. The van der Waals surface area contributed by atoms with E-state index in [4.69, 9.17) is 9.84 Å². The van der Waals surface area contributed by atoms with Gasteiger partial charge in [-0.3, -0.25) is 9.59 Å². The second-order valence-electron chi connectivity index (χ2n) is 6.54. The number of hydrogen-bond donors (Lipinski definition) is 2. The van der Waals surface area contributed by atoms with E-state index in [2.05, 4.69) is 21.2 Å². The van der Waals surface area contributed by atoms with Crippen LogP contribution in [-0.2, 0) is 9.59 Å². The van der Waals surface area contributed by atoms with E-state index in [1.807, 2.05) is 54.6 Å². The van der Waals surface area contributed by atoms with E-state index >= 15 is 0 Å². The number of carbonyl (C=O) groups is 2. The average Bonchev–Trinajstić information content (AvgIpc) is 2.71. The third-order valence-corrected chi connectivity index (χ3v) is 4.84. The number of anilines is 1. The number of carboxylic acids is 1. The number of aliphatic carboxylic acids is 1.